The Morgan fingerprint density at radius 1 is 0.810 bits per heavy atom. The molecule has 0 spiro atoms. The zero-order valence-corrected chi connectivity index (χ0v) is 13.0. The van der Waals surface area contributed by atoms with E-state index in [1.807, 2.05) is 0 Å². The summed E-state index contributed by atoms with van der Waals surface area (Å²) in [4.78, 5) is 22.9. The van der Waals surface area contributed by atoms with E-state index in [1.54, 1.807) is 0 Å². The number of hydrogen-bond donors (Lipinski definition) is 4. The maximum atomic E-state index is 11.5. The number of carbonyl (C=O) groups is 2. The molecule has 0 aliphatic rings. The second-order valence-electron chi connectivity index (χ2n) is 4.65. The first-order valence-electron chi connectivity index (χ1n) is 7.03. The molecule has 0 unspecified atom stereocenters. The van der Waals surface area contributed by atoms with Crippen molar-refractivity contribution in [1.82, 2.24) is 0 Å². The summed E-state index contributed by atoms with van der Waals surface area (Å²) in [5, 5.41) is 0. The van der Waals surface area contributed by atoms with Gasteiger partial charge < -0.3 is 31.3 Å². The van der Waals surface area contributed by atoms with Crippen LogP contribution in [-0.2, 0) is 18.0 Å². The van der Waals surface area contributed by atoms with Crippen molar-refractivity contribution in [2.24, 2.45) is 22.9 Å². The van der Waals surface area contributed by atoms with Gasteiger partial charge in [-0.25, -0.2) is 9.59 Å². The van der Waals surface area contributed by atoms with Crippen LogP contribution in [0.25, 0.3) is 0 Å². The second-order valence-corrected chi connectivity index (χ2v) is 5.12. The summed E-state index contributed by atoms with van der Waals surface area (Å²) in [7, 11) is 0. The summed E-state index contributed by atoms with van der Waals surface area (Å²) in [6.45, 7) is 1.10. The van der Waals surface area contributed by atoms with Crippen molar-refractivity contribution in [2.45, 2.75) is 50.6 Å². The average molecular weight is 322 g/mol. The van der Waals surface area contributed by atoms with E-state index in [4.69, 9.17) is 22.9 Å². The smallest absolute Gasteiger partial charge is 0.337 e. The number of nitrogens with two attached hydrogens (primary N) is 4. The summed E-state index contributed by atoms with van der Waals surface area (Å²) < 4.78 is 9.37. The molecule has 0 saturated heterocycles. The van der Waals surface area contributed by atoms with Crippen molar-refractivity contribution in [3.05, 3.63) is 0 Å². The van der Waals surface area contributed by atoms with E-state index >= 15 is 0 Å². The summed E-state index contributed by atoms with van der Waals surface area (Å²) in [5.74, 6) is -1.27. The highest BCUT2D eigenvalue weighted by Crippen LogP contribution is 2.11. The monoisotopic (exact) mass is 322 g/mol. The molecular weight excluding hydrogens is 296 g/mol. The Morgan fingerprint density at radius 3 is 1.52 bits per heavy atom. The topological polar surface area (TPSA) is 157 Å². The maximum Gasteiger partial charge on any atom is 0.337 e. The average Bonchev–Trinajstić information content (AvgIpc) is 2.47. The first-order valence-corrected chi connectivity index (χ1v) is 7.69. The molecule has 21 heavy (non-hydrogen) atoms. The van der Waals surface area contributed by atoms with Crippen LogP contribution in [0.15, 0.2) is 0 Å². The fourth-order valence-electron chi connectivity index (χ4n) is 1.46. The van der Waals surface area contributed by atoms with Crippen LogP contribution >= 0.6 is 12.3 Å². The lowest BCUT2D eigenvalue weighted by atomic mass is 10.1. The zero-order chi connectivity index (χ0) is 16.1. The van der Waals surface area contributed by atoms with Gasteiger partial charge in [-0.05, 0) is 38.8 Å². The fraction of sp³-hybridized carbons (Fsp3) is 0.833. The SMILES string of the molecule is NCCCC[C@H](N)C(=O)OSOC(=O)[C@@H](N)CCCCN. The Balaban J connectivity index is 3.75. The van der Waals surface area contributed by atoms with Gasteiger partial charge in [0.05, 0.1) is 0 Å². The summed E-state index contributed by atoms with van der Waals surface area (Å²) in [5.41, 5.74) is 21.9. The van der Waals surface area contributed by atoms with E-state index < -0.39 is 24.0 Å². The normalized spacial score (nSPS) is 13.5. The first kappa shape index (κ1) is 20.1. The highest BCUT2D eigenvalue weighted by molar-refractivity contribution is 7.90. The molecule has 9 heteroatoms. The van der Waals surface area contributed by atoms with Gasteiger partial charge in [-0.3, -0.25) is 0 Å². The Labute approximate surface area is 129 Å². The molecule has 0 aromatic carbocycles. The van der Waals surface area contributed by atoms with Gasteiger partial charge in [-0.1, -0.05) is 12.8 Å². The predicted molar refractivity (Wildman–Crippen MR) is 81.5 cm³/mol. The van der Waals surface area contributed by atoms with E-state index in [9.17, 15) is 9.59 Å². The molecule has 8 N–H and O–H groups in total. The van der Waals surface area contributed by atoms with Gasteiger partial charge in [0.15, 0.2) is 0 Å². The molecule has 8 nitrogen and oxygen atoms in total. The minimum Gasteiger partial charge on any atom is -0.353 e. The second kappa shape index (κ2) is 12.8. The van der Waals surface area contributed by atoms with Crippen LogP contribution < -0.4 is 22.9 Å². The van der Waals surface area contributed by atoms with Crippen LogP contribution in [0.5, 0.6) is 0 Å². The van der Waals surface area contributed by atoms with Crippen molar-refractivity contribution in [3.8, 4) is 0 Å². The van der Waals surface area contributed by atoms with Crippen molar-refractivity contribution in [2.75, 3.05) is 13.1 Å². The van der Waals surface area contributed by atoms with E-state index in [0.717, 1.165) is 25.7 Å². The molecule has 0 radical (unpaired) electrons. The van der Waals surface area contributed by atoms with E-state index in [0.29, 0.717) is 38.3 Å². The maximum absolute atomic E-state index is 11.5. The number of rotatable bonds is 12. The lowest BCUT2D eigenvalue weighted by Crippen LogP contribution is -2.33. The molecule has 0 rings (SSSR count). The minimum atomic E-state index is -0.749. The summed E-state index contributed by atoms with van der Waals surface area (Å²) >= 11 is 0.296. The van der Waals surface area contributed by atoms with E-state index in [-0.39, 0.29) is 0 Å². The Kier molecular flexibility index (Phi) is 12.3. The molecule has 0 bridgehead atoms. The van der Waals surface area contributed by atoms with Crippen LogP contribution in [0.4, 0.5) is 0 Å². The minimum absolute atomic E-state index is 0.296. The standard InChI is InChI=1S/C12H26N4O4S/c13-7-3-1-5-9(15)11(17)19-21-20-12(18)10(16)6-2-4-8-14/h9-10H,1-8,13-16H2/t9-,10-/m0/s1. The van der Waals surface area contributed by atoms with Crippen molar-refractivity contribution >= 4 is 24.3 Å². The molecule has 2 atom stereocenters. The molecular formula is C12H26N4O4S. The molecule has 124 valence electrons. The third-order valence-electron chi connectivity index (χ3n) is 2.78. The Bertz CT molecular complexity index is 279. The molecule has 0 heterocycles. The largest absolute Gasteiger partial charge is 0.353 e. The Hall–Kier alpha value is -0.870. The van der Waals surface area contributed by atoms with E-state index in [2.05, 4.69) is 8.37 Å². The number of hydrogen-bond acceptors (Lipinski definition) is 9. The van der Waals surface area contributed by atoms with Crippen LogP contribution in [-0.4, -0.2) is 37.1 Å². The lowest BCUT2D eigenvalue weighted by molar-refractivity contribution is -0.137. The van der Waals surface area contributed by atoms with Gasteiger partial charge >= 0.3 is 11.9 Å². The molecule has 0 amide bonds. The van der Waals surface area contributed by atoms with E-state index in [1.165, 1.54) is 0 Å². The molecule has 0 aliphatic heterocycles. The fourth-order valence-corrected chi connectivity index (χ4v) is 1.88. The molecule has 0 aromatic heterocycles. The molecule has 0 saturated carbocycles. The van der Waals surface area contributed by atoms with Gasteiger partial charge in [-0.15, -0.1) is 0 Å². The van der Waals surface area contributed by atoms with Gasteiger partial charge in [0.2, 0.25) is 0 Å². The van der Waals surface area contributed by atoms with Gasteiger partial charge in [0.1, 0.15) is 12.1 Å². The third kappa shape index (κ3) is 10.5. The van der Waals surface area contributed by atoms with Crippen LogP contribution in [0.2, 0.25) is 0 Å². The highest BCUT2D eigenvalue weighted by Gasteiger charge is 2.19. The first-order chi connectivity index (χ1) is 10.0. The third-order valence-corrected chi connectivity index (χ3v) is 3.24. The van der Waals surface area contributed by atoms with Gasteiger partial charge in [0, 0.05) is 0 Å². The van der Waals surface area contributed by atoms with Crippen molar-refractivity contribution < 1.29 is 18.0 Å². The molecule has 0 aliphatic carbocycles. The predicted octanol–water partition coefficient (Wildman–Crippen LogP) is -0.451. The van der Waals surface area contributed by atoms with Crippen molar-refractivity contribution in [3.63, 3.8) is 0 Å². The quantitative estimate of drug-likeness (QED) is 0.276. The highest BCUT2D eigenvalue weighted by atomic mass is 32.2. The van der Waals surface area contributed by atoms with Gasteiger partial charge in [0.25, 0.3) is 12.3 Å². The molecule has 0 aromatic rings. The summed E-state index contributed by atoms with van der Waals surface area (Å²) in [6, 6.07) is -1.50. The zero-order valence-electron chi connectivity index (χ0n) is 12.2. The number of unbranched alkanes of at least 4 members (excludes halogenated alkanes) is 2. The van der Waals surface area contributed by atoms with Crippen LogP contribution in [0.1, 0.15) is 38.5 Å². The van der Waals surface area contributed by atoms with Crippen LogP contribution in [0.3, 0.4) is 0 Å². The Morgan fingerprint density at radius 2 is 1.19 bits per heavy atom. The number of carbonyl (C=O) groups excluding carboxylic acids is 2. The van der Waals surface area contributed by atoms with Crippen molar-refractivity contribution in [1.29, 1.82) is 0 Å². The van der Waals surface area contributed by atoms with Gasteiger partial charge in [-0.2, -0.15) is 0 Å². The summed E-state index contributed by atoms with van der Waals surface area (Å²) in [6.07, 6.45) is 4.01. The van der Waals surface area contributed by atoms with Crippen LogP contribution in [0, 0.1) is 0 Å². The lowest BCUT2D eigenvalue weighted by Gasteiger charge is -2.11. The molecule has 0 fully saturated rings.